The van der Waals surface area contributed by atoms with Gasteiger partial charge in [0.05, 0.1) is 24.0 Å². The number of halogens is 2. The Labute approximate surface area is 172 Å². The number of methoxy groups -OCH3 is 1. The van der Waals surface area contributed by atoms with Crippen molar-refractivity contribution in [3.63, 3.8) is 0 Å². The van der Waals surface area contributed by atoms with Crippen LogP contribution in [0.1, 0.15) is 11.5 Å². The van der Waals surface area contributed by atoms with Gasteiger partial charge in [-0.3, -0.25) is 0 Å². The second kappa shape index (κ2) is 8.00. The first kappa shape index (κ1) is 19.9. The van der Waals surface area contributed by atoms with Gasteiger partial charge in [0.2, 0.25) is 0 Å². The predicted molar refractivity (Wildman–Crippen MR) is 111 cm³/mol. The lowest BCUT2D eigenvalue weighted by Gasteiger charge is -2.15. The highest BCUT2D eigenvalue weighted by Crippen LogP contribution is 2.38. The molecule has 0 amide bonds. The van der Waals surface area contributed by atoms with Crippen molar-refractivity contribution in [1.82, 2.24) is 20.1 Å². The maximum Gasteiger partial charge on any atom is 0.261 e. The van der Waals surface area contributed by atoms with Gasteiger partial charge in [-0.05, 0) is 44.2 Å². The Hall–Kier alpha value is -2.90. The molecule has 0 atom stereocenters. The van der Waals surface area contributed by atoms with Crippen LogP contribution < -0.4 is 10.1 Å². The van der Waals surface area contributed by atoms with Crippen molar-refractivity contribution in [2.24, 2.45) is 0 Å². The van der Waals surface area contributed by atoms with E-state index in [0.29, 0.717) is 39.4 Å². The predicted octanol–water partition coefficient (Wildman–Crippen LogP) is 5.12. The molecule has 9 heteroatoms. The molecule has 0 bridgehead atoms. The van der Waals surface area contributed by atoms with E-state index in [0.717, 1.165) is 16.8 Å². The van der Waals surface area contributed by atoms with Crippen LogP contribution in [0.2, 0.25) is 5.02 Å². The molecule has 7 nitrogen and oxygen atoms in total. The van der Waals surface area contributed by atoms with E-state index in [1.54, 1.807) is 38.4 Å². The molecule has 0 aliphatic rings. The lowest BCUT2D eigenvalue weighted by atomic mass is 10.1. The summed E-state index contributed by atoms with van der Waals surface area (Å²) in [5, 5.41) is 8.67. The highest BCUT2D eigenvalue weighted by Gasteiger charge is 2.18. The summed E-state index contributed by atoms with van der Waals surface area (Å²) >= 11 is 6.18. The van der Waals surface area contributed by atoms with E-state index in [-0.39, 0.29) is 12.4 Å². The van der Waals surface area contributed by atoms with E-state index in [4.69, 9.17) is 20.9 Å². The first-order chi connectivity index (χ1) is 13.0. The standard InChI is InChI=1S/C19H16ClN5O2.ClH/c1-10-4-6-13-17(24-15-8-12(20)5-7-16(15)26-3)14(9-21-18(13)22-10)19-23-11(2)25-27-19;/h4-9H,1-3H3,(H,21,22,24);1H. The van der Waals surface area contributed by atoms with Gasteiger partial charge in [0.1, 0.15) is 5.75 Å². The van der Waals surface area contributed by atoms with Crippen LogP contribution in [0.25, 0.3) is 22.5 Å². The number of anilines is 2. The third-order valence-corrected chi connectivity index (χ3v) is 4.28. The number of nitrogens with one attached hydrogen (secondary N) is 1. The molecule has 0 aliphatic carbocycles. The Morgan fingerprint density at radius 1 is 1.11 bits per heavy atom. The lowest BCUT2D eigenvalue weighted by Crippen LogP contribution is -2.00. The lowest BCUT2D eigenvalue weighted by molar-refractivity contribution is 0.417. The molecule has 0 spiro atoms. The number of fused-ring (bicyclic) bond motifs is 1. The Bertz CT molecular complexity index is 1150. The van der Waals surface area contributed by atoms with Gasteiger partial charge in [0.25, 0.3) is 5.89 Å². The average Bonchev–Trinajstić information content (AvgIpc) is 3.08. The van der Waals surface area contributed by atoms with Gasteiger partial charge in [-0.1, -0.05) is 16.8 Å². The minimum absolute atomic E-state index is 0. The Balaban J connectivity index is 0.00000225. The van der Waals surface area contributed by atoms with Crippen LogP contribution in [0.15, 0.2) is 41.1 Å². The van der Waals surface area contributed by atoms with Crippen molar-refractivity contribution >= 4 is 46.4 Å². The van der Waals surface area contributed by atoms with E-state index in [2.05, 4.69) is 25.4 Å². The van der Waals surface area contributed by atoms with E-state index >= 15 is 0 Å². The molecule has 0 radical (unpaired) electrons. The van der Waals surface area contributed by atoms with E-state index in [1.807, 2.05) is 19.1 Å². The topological polar surface area (TPSA) is 86.0 Å². The zero-order chi connectivity index (χ0) is 19.0. The van der Waals surface area contributed by atoms with E-state index < -0.39 is 0 Å². The zero-order valence-corrected chi connectivity index (χ0v) is 16.9. The normalized spacial score (nSPS) is 10.6. The van der Waals surface area contributed by atoms with Gasteiger partial charge in [0.15, 0.2) is 11.5 Å². The third-order valence-electron chi connectivity index (χ3n) is 4.05. The second-order valence-electron chi connectivity index (χ2n) is 5.99. The summed E-state index contributed by atoms with van der Waals surface area (Å²) in [6, 6.07) is 9.23. The van der Waals surface area contributed by atoms with Crippen molar-refractivity contribution < 1.29 is 9.26 Å². The molecule has 4 rings (SSSR count). The summed E-state index contributed by atoms with van der Waals surface area (Å²) in [5.41, 5.74) is 3.59. The number of pyridine rings is 2. The van der Waals surface area contributed by atoms with Crippen LogP contribution in [0.4, 0.5) is 11.4 Å². The highest BCUT2D eigenvalue weighted by molar-refractivity contribution is 6.31. The SMILES string of the molecule is COc1ccc(Cl)cc1Nc1c(-c2nc(C)no2)cnc2nc(C)ccc12.Cl. The Morgan fingerprint density at radius 3 is 2.64 bits per heavy atom. The molecule has 0 aliphatic heterocycles. The maximum atomic E-state index is 6.18. The van der Waals surface area contributed by atoms with E-state index in [1.165, 1.54) is 0 Å². The summed E-state index contributed by atoms with van der Waals surface area (Å²) in [5.74, 6) is 1.56. The van der Waals surface area contributed by atoms with Crippen LogP contribution >= 0.6 is 24.0 Å². The van der Waals surface area contributed by atoms with Gasteiger partial charge in [0, 0.05) is 22.3 Å². The average molecular weight is 418 g/mol. The van der Waals surface area contributed by atoms with Crippen LogP contribution in [0.5, 0.6) is 5.75 Å². The molecule has 1 N–H and O–H groups in total. The molecule has 0 fully saturated rings. The number of ether oxygens (including phenoxy) is 1. The number of rotatable bonds is 4. The van der Waals surface area contributed by atoms with Crippen molar-refractivity contribution in [2.75, 3.05) is 12.4 Å². The smallest absolute Gasteiger partial charge is 0.261 e. The highest BCUT2D eigenvalue weighted by atomic mass is 35.5. The number of aromatic nitrogens is 4. The number of hydrogen-bond donors (Lipinski definition) is 1. The summed E-state index contributed by atoms with van der Waals surface area (Å²) in [7, 11) is 1.60. The first-order valence-electron chi connectivity index (χ1n) is 8.23. The van der Waals surface area contributed by atoms with Crippen molar-refractivity contribution in [3.8, 4) is 17.2 Å². The zero-order valence-electron chi connectivity index (χ0n) is 15.4. The summed E-state index contributed by atoms with van der Waals surface area (Å²) in [4.78, 5) is 13.3. The molecule has 4 aromatic rings. The molecule has 0 saturated carbocycles. The van der Waals surface area contributed by atoms with Gasteiger partial charge in [-0.15, -0.1) is 12.4 Å². The van der Waals surface area contributed by atoms with Crippen LogP contribution in [0.3, 0.4) is 0 Å². The quantitative estimate of drug-likeness (QED) is 0.492. The van der Waals surface area contributed by atoms with Crippen LogP contribution in [-0.2, 0) is 0 Å². The second-order valence-corrected chi connectivity index (χ2v) is 6.42. The fourth-order valence-corrected chi connectivity index (χ4v) is 2.96. The number of aryl methyl sites for hydroxylation is 2. The minimum Gasteiger partial charge on any atom is -0.495 e. The molecule has 0 saturated heterocycles. The summed E-state index contributed by atoms with van der Waals surface area (Å²) in [6.45, 7) is 3.68. The van der Waals surface area contributed by atoms with Gasteiger partial charge in [-0.25, -0.2) is 9.97 Å². The molecule has 1 aromatic carbocycles. The number of nitrogens with zero attached hydrogens (tertiary/aromatic N) is 4. The summed E-state index contributed by atoms with van der Waals surface area (Å²) < 4.78 is 10.8. The molecule has 0 unspecified atom stereocenters. The Morgan fingerprint density at radius 2 is 1.93 bits per heavy atom. The van der Waals surface area contributed by atoms with E-state index in [9.17, 15) is 0 Å². The fourth-order valence-electron chi connectivity index (χ4n) is 2.79. The largest absolute Gasteiger partial charge is 0.495 e. The molecule has 3 aromatic heterocycles. The first-order valence-corrected chi connectivity index (χ1v) is 8.60. The van der Waals surface area contributed by atoms with Crippen molar-refractivity contribution in [3.05, 3.63) is 53.1 Å². The van der Waals surface area contributed by atoms with Gasteiger partial charge >= 0.3 is 0 Å². The third kappa shape index (κ3) is 3.72. The summed E-state index contributed by atoms with van der Waals surface area (Å²) in [6.07, 6.45) is 1.67. The van der Waals surface area contributed by atoms with Gasteiger partial charge in [-0.2, -0.15) is 4.98 Å². The maximum absolute atomic E-state index is 6.18. The molecule has 28 heavy (non-hydrogen) atoms. The molecular formula is C19H17Cl2N5O2. The Kier molecular flexibility index (Phi) is 5.67. The number of benzene rings is 1. The van der Waals surface area contributed by atoms with Crippen molar-refractivity contribution in [2.45, 2.75) is 13.8 Å². The number of hydrogen-bond acceptors (Lipinski definition) is 7. The van der Waals surface area contributed by atoms with Gasteiger partial charge < -0.3 is 14.6 Å². The molecule has 3 heterocycles. The van der Waals surface area contributed by atoms with Crippen LogP contribution in [0, 0.1) is 13.8 Å². The van der Waals surface area contributed by atoms with Crippen molar-refractivity contribution in [1.29, 1.82) is 0 Å². The monoisotopic (exact) mass is 417 g/mol. The molecular weight excluding hydrogens is 401 g/mol. The fraction of sp³-hybridized carbons (Fsp3) is 0.158. The minimum atomic E-state index is 0. The molecule has 144 valence electrons. The van der Waals surface area contributed by atoms with Crippen LogP contribution in [-0.4, -0.2) is 27.2 Å².